The van der Waals surface area contributed by atoms with Crippen molar-refractivity contribution in [3.05, 3.63) is 46.5 Å². The third-order valence-corrected chi connectivity index (χ3v) is 2.77. The zero-order valence-corrected chi connectivity index (χ0v) is 11.7. The van der Waals surface area contributed by atoms with Gasteiger partial charge in [0, 0.05) is 16.1 Å². The first kappa shape index (κ1) is 15.1. The fraction of sp³-hybridized carbons (Fsp3) is 0.154. The molecule has 1 aromatic rings. The summed E-state index contributed by atoms with van der Waals surface area (Å²) in [5, 5.41) is 10.8. The maximum Gasteiger partial charge on any atom is 0.325 e. The Hall–Kier alpha value is -1.95. The van der Waals surface area contributed by atoms with Crippen LogP contribution in [0.5, 0.6) is 0 Å². The van der Waals surface area contributed by atoms with E-state index < -0.39 is 17.9 Å². The number of carboxylic acids is 1. The first-order chi connectivity index (χ1) is 8.90. The molecule has 1 aromatic carbocycles. The van der Waals surface area contributed by atoms with Gasteiger partial charge >= 0.3 is 5.97 Å². The number of rotatable bonds is 5. The normalized spacial score (nSPS) is 12.1. The van der Waals surface area contributed by atoms with Crippen LogP contribution in [0.1, 0.15) is 17.3 Å². The first-order valence-electron chi connectivity index (χ1n) is 5.41. The van der Waals surface area contributed by atoms with Gasteiger partial charge in [-0.1, -0.05) is 15.9 Å². The Kier molecular flexibility index (Phi) is 5.44. The number of benzene rings is 1. The van der Waals surface area contributed by atoms with E-state index in [4.69, 9.17) is 5.11 Å². The molecule has 1 unspecified atom stereocenters. The molecule has 5 nitrogen and oxygen atoms in total. The minimum absolute atomic E-state index is 0.328. The van der Waals surface area contributed by atoms with Gasteiger partial charge in [-0.15, -0.1) is 0 Å². The van der Waals surface area contributed by atoms with Crippen molar-refractivity contribution in [2.45, 2.75) is 13.0 Å². The lowest BCUT2D eigenvalue weighted by atomic mass is 10.1. The summed E-state index contributed by atoms with van der Waals surface area (Å²) in [4.78, 5) is 33.5. The predicted molar refractivity (Wildman–Crippen MR) is 72.9 cm³/mol. The molecule has 19 heavy (non-hydrogen) atoms. The average Bonchev–Trinajstić information content (AvgIpc) is 2.36. The van der Waals surface area contributed by atoms with E-state index in [0.717, 1.165) is 16.6 Å². The molecule has 0 aromatic heterocycles. The fourth-order valence-corrected chi connectivity index (χ4v) is 1.45. The van der Waals surface area contributed by atoms with E-state index in [9.17, 15) is 14.4 Å². The van der Waals surface area contributed by atoms with Crippen molar-refractivity contribution in [2.24, 2.45) is 0 Å². The number of halogens is 1. The zero-order chi connectivity index (χ0) is 14.4. The third-order valence-electron chi connectivity index (χ3n) is 2.24. The van der Waals surface area contributed by atoms with Crippen LogP contribution in [-0.4, -0.2) is 28.8 Å². The molecule has 0 aliphatic heterocycles. The van der Waals surface area contributed by atoms with Crippen LogP contribution in [0.2, 0.25) is 0 Å². The molecule has 1 atom stereocenters. The van der Waals surface area contributed by atoms with Gasteiger partial charge in [0.1, 0.15) is 6.04 Å². The average molecular weight is 326 g/mol. The molecule has 0 saturated carbocycles. The van der Waals surface area contributed by atoms with E-state index in [-0.39, 0.29) is 5.78 Å². The number of hydrogen-bond donors (Lipinski definition) is 2. The lowest BCUT2D eigenvalue weighted by Gasteiger charge is -2.05. The predicted octanol–water partition coefficient (Wildman–Crippen LogP) is 1.78. The van der Waals surface area contributed by atoms with Gasteiger partial charge in [-0.25, -0.2) is 0 Å². The summed E-state index contributed by atoms with van der Waals surface area (Å²) in [6.07, 6.45) is 2.12. The highest BCUT2D eigenvalue weighted by Gasteiger charge is 2.12. The molecule has 6 heteroatoms. The Bertz CT molecular complexity index is 522. The van der Waals surface area contributed by atoms with Gasteiger partial charge in [-0.2, -0.15) is 0 Å². The second-order valence-electron chi connectivity index (χ2n) is 3.77. The van der Waals surface area contributed by atoms with Crippen molar-refractivity contribution < 1.29 is 19.5 Å². The van der Waals surface area contributed by atoms with Gasteiger partial charge in [0.2, 0.25) is 5.91 Å². The maximum absolute atomic E-state index is 11.7. The maximum atomic E-state index is 11.7. The van der Waals surface area contributed by atoms with E-state index in [1.165, 1.54) is 6.92 Å². The largest absolute Gasteiger partial charge is 0.480 e. The van der Waals surface area contributed by atoms with Crippen molar-refractivity contribution in [1.29, 1.82) is 0 Å². The molecule has 2 N–H and O–H groups in total. The lowest BCUT2D eigenvalue weighted by molar-refractivity contribution is -0.140. The van der Waals surface area contributed by atoms with E-state index >= 15 is 0 Å². The molecule has 1 rings (SSSR count). The van der Waals surface area contributed by atoms with Crippen LogP contribution in [-0.2, 0) is 9.59 Å². The van der Waals surface area contributed by atoms with Crippen LogP contribution in [0.25, 0.3) is 0 Å². The quantitative estimate of drug-likeness (QED) is 0.638. The van der Waals surface area contributed by atoms with Gasteiger partial charge in [0.25, 0.3) is 0 Å². The summed E-state index contributed by atoms with van der Waals surface area (Å²) in [5.41, 5.74) is 0.443. The summed E-state index contributed by atoms with van der Waals surface area (Å²) in [7, 11) is 0. The van der Waals surface area contributed by atoms with E-state index in [2.05, 4.69) is 21.2 Å². The molecule has 0 heterocycles. The highest BCUT2D eigenvalue weighted by atomic mass is 79.9. The number of allylic oxidation sites excluding steroid dienone is 1. The van der Waals surface area contributed by atoms with Gasteiger partial charge in [0.05, 0.1) is 0 Å². The number of amides is 1. The number of aliphatic carboxylic acids is 1. The summed E-state index contributed by atoms with van der Waals surface area (Å²) in [6.45, 7) is 1.34. The number of carbonyl (C=O) groups excluding carboxylic acids is 2. The van der Waals surface area contributed by atoms with Crippen LogP contribution in [0.3, 0.4) is 0 Å². The Morgan fingerprint density at radius 2 is 1.79 bits per heavy atom. The van der Waals surface area contributed by atoms with Gasteiger partial charge in [0.15, 0.2) is 5.78 Å². The molecule has 0 aliphatic carbocycles. The second-order valence-corrected chi connectivity index (χ2v) is 4.69. The lowest BCUT2D eigenvalue weighted by Crippen LogP contribution is -2.37. The topological polar surface area (TPSA) is 83.5 Å². The number of carbonyl (C=O) groups is 3. The summed E-state index contributed by atoms with van der Waals surface area (Å²) in [5.74, 6) is -2.09. The molecule has 0 saturated heterocycles. The smallest absolute Gasteiger partial charge is 0.325 e. The Morgan fingerprint density at radius 1 is 1.21 bits per heavy atom. The number of nitrogens with one attached hydrogen (secondary N) is 1. The minimum atomic E-state index is -1.14. The van der Waals surface area contributed by atoms with E-state index in [1.54, 1.807) is 24.3 Å². The van der Waals surface area contributed by atoms with Gasteiger partial charge in [-0.05, 0) is 37.3 Å². The monoisotopic (exact) mass is 325 g/mol. The van der Waals surface area contributed by atoms with Crippen LogP contribution in [0.4, 0.5) is 0 Å². The van der Waals surface area contributed by atoms with Crippen molar-refractivity contribution >= 4 is 33.6 Å². The third kappa shape index (κ3) is 5.05. The highest BCUT2D eigenvalue weighted by molar-refractivity contribution is 9.10. The minimum Gasteiger partial charge on any atom is -0.480 e. The van der Waals surface area contributed by atoms with E-state index in [1.807, 2.05) is 0 Å². The molecular formula is C13H12BrNO4. The molecule has 100 valence electrons. The van der Waals surface area contributed by atoms with Crippen molar-refractivity contribution in [3.63, 3.8) is 0 Å². The second kappa shape index (κ2) is 6.84. The fourth-order valence-electron chi connectivity index (χ4n) is 1.18. The van der Waals surface area contributed by atoms with Crippen molar-refractivity contribution in [2.75, 3.05) is 0 Å². The number of carboxylic acid groups (broad SMARTS) is 1. The van der Waals surface area contributed by atoms with E-state index in [0.29, 0.717) is 5.56 Å². The molecular weight excluding hydrogens is 314 g/mol. The molecule has 0 fully saturated rings. The number of ketones is 1. The molecule has 0 bridgehead atoms. The number of hydrogen-bond acceptors (Lipinski definition) is 3. The Labute approximate surface area is 118 Å². The molecule has 1 amide bonds. The SMILES string of the molecule is CC(NC(=O)/C=C/C(=O)c1ccc(Br)cc1)C(=O)O. The standard InChI is InChI=1S/C13H12BrNO4/c1-8(13(18)19)15-12(17)7-6-11(16)9-2-4-10(14)5-3-9/h2-8H,1H3,(H,15,17)(H,18,19)/b7-6+. The van der Waals surface area contributed by atoms with Crippen molar-refractivity contribution in [3.8, 4) is 0 Å². The van der Waals surface area contributed by atoms with Crippen LogP contribution in [0, 0.1) is 0 Å². The summed E-state index contributed by atoms with van der Waals surface area (Å²) in [6, 6.07) is 5.67. The van der Waals surface area contributed by atoms with Crippen LogP contribution < -0.4 is 5.32 Å². The summed E-state index contributed by atoms with van der Waals surface area (Å²) < 4.78 is 0.848. The highest BCUT2D eigenvalue weighted by Crippen LogP contribution is 2.11. The molecule has 0 radical (unpaired) electrons. The molecule has 0 spiro atoms. The van der Waals surface area contributed by atoms with Crippen LogP contribution >= 0.6 is 15.9 Å². The Balaban J connectivity index is 2.61. The van der Waals surface area contributed by atoms with Gasteiger partial charge in [-0.3, -0.25) is 14.4 Å². The Morgan fingerprint density at radius 3 is 2.32 bits per heavy atom. The van der Waals surface area contributed by atoms with Crippen molar-refractivity contribution in [1.82, 2.24) is 5.32 Å². The summed E-state index contributed by atoms with van der Waals surface area (Å²) >= 11 is 3.25. The van der Waals surface area contributed by atoms with Gasteiger partial charge < -0.3 is 10.4 Å². The zero-order valence-electron chi connectivity index (χ0n) is 10.1. The first-order valence-corrected chi connectivity index (χ1v) is 6.20. The van der Waals surface area contributed by atoms with Crippen LogP contribution in [0.15, 0.2) is 40.9 Å². The molecule has 0 aliphatic rings.